The SMILES string of the molecule is Cc1nnc(CNC(=O)CN2C(=O)c3ccccc3C2=O)o1. The lowest BCUT2D eigenvalue weighted by Crippen LogP contribution is -2.40. The van der Waals surface area contributed by atoms with Gasteiger partial charge in [0, 0.05) is 6.92 Å². The molecule has 0 unspecified atom stereocenters. The standard InChI is InChI=1S/C14H12N4O4/c1-8-16-17-12(22-8)6-15-11(19)7-18-13(20)9-4-2-3-5-10(9)14(18)21/h2-5H,6-7H2,1H3,(H,15,19). The maximum Gasteiger partial charge on any atom is 0.262 e. The smallest absolute Gasteiger partial charge is 0.262 e. The highest BCUT2D eigenvalue weighted by Gasteiger charge is 2.36. The number of nitrogens with one attached hydrogen (secondary N) is 1. The number of fused-ring (bicyclic) bond motifs is 1. The molecule has 0 bridgehead atoms. The molecule has 0 saturated carbocycles. The van der Waals surface area contributed by atoms with Crippen LogP contribution in [0.2, 0.25) is 0 Å². The highest BCUT2D eigenvalue weighted by atomic mass is 16.4. The van der Waals surface area contributed by atoms with Crippen LogP contribution in [0, 0.1) is 6.92 Å². The van der Waals surface area contributed by atoms with Crippen LogP contribution in [-0.2, 0) is 11.3 Å². The molecule has 0 aliphatic carbocycles. The van der Waals surface area contributed by atoms with Gasteiger partial charge in [0.15, 0.2) is 0 Å². The van der Waals surface area contributed by atoms with Crippen molar-refractivity contribution in [3.05, 3.63) is 47.2 Å². The van der Waals surface area contributed by atoms with Crippen molar-refractivity contribution in [2.45, 2.75) is 13.5 Å². The molecule has 1 aliphatic heterocycles. The first-order valence-electron chi connectivity index (χ1n) is 6.57. The molecule has 3 rings (SSSR count). The lowest BCUT2D eigenvalue weighted by molar-refractivity contribution is -0.121. The predicted molar refractivity (Wildman–Crippen MR) is 72.7 cm³/mol. The van der Waals surface area contributed by atoms with Gasteiger partial charge in [-0.3, -0.25) is 19.3 Å². The van der Waals surface area contributed by atoms with Crippen LogP contribution in [0.25, 0.3) is 0 Å². The largest absolute Gasteiger partial charge is 0.424 e. The zero-order valence-corrected chi connectivity index (χ0v) is 11.7. The summed E-state index contributed by atoms with van der Waals surface area (Å²) in [7, 11) is 0. The van der Waals surface area contributed by atoms with E-state index in [1.54, 1.807) is 31.2 Å². The highest BCUT2D eigenvalue weighted by molar-refractivity contribution is 6.22. The van der Waals surface area contributed by atoms with E-state index in [0.717, 1.165) is 4.90 Å². The summed E-state index contributed by atoms with van der Waals surface area (Å²) in [5, 5.41) is 9.89. The molecule has 1 aliphatic rings. The van der Waals surface area contributed by atoms with Crippen LogP contribution in [0.5, 0.6) is 0 Å². The third-order valence-corrected chi connectivity index (χ3v) is 3.18. The lowest BCUT2D eigenvalue weighted by atomic mass is 10.1. The first-order chi connectivity index (χ1) is 10.6. The average molecular weight is 300 g/mol. The fraction of sp³-hybridized carbons (Fsp3) is 0.214. The molecule has 2 aromatic rings. The molecule has 1 N–H and O–H groups in total. The molecule has 0 saturated heterocycles. The summed E-state index contributed by atoms with van der Waals surface area (Å²) in [5.74, 6) is -0.767. The molecule has 0 atom stereocenters. The third kappa shape index (κ3) is 2.46. The Balaban J connectivity index is 1.63. The van der Waals surface area contributed by atoms with Crippen LogP contribution in [0.3, 0.4) is 0 Å². The molecular weight excluding hydrogens is 288 g/mol. The summed E-state index contributed by atoms with van der Waals surface area (Å²) < 4.78 is 5.11. The summed E-state index contributed by atoms with van der Waals surface area (Å²) in [6.45, 7) is 1.33. The molecule has 2 heterocycles. The van der Waals surface area contributed by atoms with Gasteiger partial charge >= 0.3 is 0 Å². The second-order valence-corrected chi connectivity index (χ2v) is 4.73. The summed E-state index contributed by atoms with van der Waals surface area (Å²) in [4.78, 5) is 37.0. The molecular formula is C14H12N4O4. The lowest BCUT2D eigenvalue weighted by Gasteiger charge is -2.12. The Bertz CT molecular complexity index is 733. The molecule has 8 nitrogen and oxygen atoms in total. The van der Waals surface area contributed by atoms with Gasteiger partial charge in [0.1, 0.15) is 6.54 Å². The normalized spacial score (nSPS) is 13.4. The number of aromatic nitrogens is 2. The van der Waals surface area contributed by atoms with Crippen LogP contribution < -0.4 is 5.32 Å². The summed E-state index contributed by atoms with van der Waals surface area (Å²) in [6, 6.07) is 6.47. The fourth-order valence-electron chi connectivity index (χ4n) is 2.17. The second kappa shape index (κ2) is 5.40. The quantitative estimate of drug-likeness (QED) is 0.814. The summed E-state index contributed by atoms with van der Waals surface area (Å²) >= 11 is 0. The van der Waals surface area contributed by atoms with Gasteiger partial charge < -0.3 is 9.73 Å². The molecule has 0 fully saturated rings. The topological polar surface area (TPSA) is 105 Å². The molecule has 1 aromatic heterocycles. The number of hydrogen-bond acceptors (Lipinski definition) is 6. The fourth-order valence-corrected chi connectivity index (χ4v) is 2.17. The van der Waals surface area contributed by atoms with Crippen molar-refractivity contribution in [2.24, 2.45) is 0 Å². The van der Waals surface area contributed by atoms with Gasteiger partial charge in [-0.15, -0.1) is 10.2 Å². The van der Waals surface area contributed by atoms with Crippen LogP contribution in [0.1, 0.15) is 32.5 Å². The van der Waals surface area contributed by atoms with Gasteiger partial charge in [0.25, 0.3) is 11.8 Å². The first-order valence-corrected chi connectivity index (χ1v) is 6.57. The molecule has 3 amide bonds. The van der Waals surface area contributed by atoms with Crippen LogP contribution in [-0.4, -0.2) is 39.4 Å². The number of aryl methyl sites for hydroxylation is 1. The van der Waals surface area contributed by atoms with Gasteiger partial charge in [-0.1, -0.05) is 12.1 Å². The summed E-state index contributed by atoms with van der Waals surface area (Å²) in [6.07, 6.45) is 0. The van der Waals surface area contributed by atoms with Gasteiger partial charge in [-0.05, 0) is 12.1 Å². The van der Waals surface area contributed by atoms with Crippen molar-refractivity contribution in [3.63, 3.8) is 0 Å². The average Bonchev–Trinajstić information content (AvgIpc) is 3.03. The monoisotopic (exact) mass is 300 g/mol. The molecule has 0 spiro atoms. The Morgan fingerprint density at radius 3 is 2.36 bits per heavy atom. The number of rotatable bonds is 4. The molecule has 1 aromatic carbocycles. The summed E-state index contributed by atoms with van der Waals surface area (Å²) in [5.41, 5.74) is 0.626. The Kier molecular flexibility index (Phi) is 3.42. The molecule has 22 heavy (non-hydrogen) atoms. The number of carbonyl (C=O) groups excluding carboxylic acids is 3. The zero-order chi connectivity index (χ0) is 15.7. The number of benzene rings is 1. The molecule has 8 heteroatoms. The number of hydrogen-bond donors (Lipinski definition) is 1. The number of carbonyl (C=O) groups is 3. The zero-order valence-electron chi connectivity index (χ0n) is 11.7. The minimum atomic E-state index is -0.481. The van der Waals surface area contributed by atoms with Crippen LogP contribution in [0.4, 0.5) is 0 Å². The molecule has 112 valence electrons. The van der Waals surface area contributed by atoms with E-state index in [1.165, 1.54) is 0 Å². The Morgan fingerprint density at radius 1 is 1.18 bits per heavy atom. The maximum absolute atomic E-state index is 12.1. The Labute approximate surface area is 125 Å². The van der Waals surface area contributed by atoms with Crippen molar-refractivity contribution in [2.75, 3.05) is 6.54 Å². The minimum Gasteiger partial charge on any atom is -0.424 e. The third-order valence-electron chi connectivity index (χ3n) is 3.18. The van der Waals surface area contributed by atoms with Gasteiger partial charge in [0.05, 0.1) is 17.7 Å². The first kappa shape index (κ1) is 13.9. The van der Waals surface area contributed by atoms with Crippen molar-refractivity contribution >= 4 is 17.7 Å². The van der Waals surface area contributed by atoms with Gasteiger partial charge in [-0.25, -0.2) is 0 Å². The van der Waals surface area contributed by atoms with E-state index in [4.69, 9.17) is 4.42 Å². The van der Waals surface area contributed by atoms with Crippen molar-refractivity contribution in [1.29, 1.82) is 0 Å². The van der Waals surface area contributed by atoms with Crippen molar-refractivity contribution in [3.8, 4) is 0 Å². The Morgan fingerprint density at radius 2 is 1.82 bits per heavy atom. The van der Waals surface area contributed by atoms with Gasteiger partial charge in [-0.2, -0.15) is 0 Å². The van der Waals surface area contributed by atoms with E-state index in [9.17, 15) is 14.4 Å². The maximum atomic E-state index is 12.1. The van der Waals surface area contributed by atoms with Crippen molar-refractivity contribution in [1.82, 2.24) is 20.4 Å². The van der Waals surface area contributed by atoms with Crippen LogP contribution >= 0.6 is 0 Å². The van der Waals surface area contributed by atoms with E-state index < -0.39 is 17.7 Å². The highest BCUT2D eigenvalue weighted by Crippen LogP contribution is 2.21. The predicted octanol–water partition coefficient (Wildman–Crippen LogP) is 0.290. The van der Waals surface area contributed by atoms with E-state index in [0.29, 0.717) is 17.0 Å². The van der Waals surface area contributed by atoms with E-state index in [-0.39, 0.29) is 19.0 Å². The Hall–Kier alpha value is -3.03. The van der Waals surface area contributed by atoms with Crippen molar-refractivity contribution < 1.29 is 18.8 Å². The van der Waals surface area contributed by atoms with E-state index in [1.807, 2.05) is 0 Å². The number of imide groups is 1. The van der Waals surface area contributed by atoms with Gasteiger partial charge in [0.2, 0.25) is 17.7 Å². The minimum absolute atomic E-state index is 0.0445. The second-order valence-electron chi connectivity index (χ2n) is 4.73. The van der Waals surface area contributed by atoms with E-state index in [2.05, 4.69) is 15.5 Å². The van der Waals surface area contributed by atoms with Crippen LogP contribution in [0.15, 0.2) is 28.7 Å². The number of amides is 3. The number of nitrogens with zero attached hydrogens (tertiary/aromatic N) is 3. The van der Waals surface area contributed by atoms with E-state index >= 15 is 0 Å². The molecule has 0 radical (unpaired) electrons.